The van der Waals surface area contributed by atoms with Crippen LogP contribution in [0.1, 0.15) is 62.8 Å². The second-order valence-electron chi connectivity index (χ2n) is 8.36. The third kappa shape index (κ3) is 2.43. The normalized spacial score (nSPS) is 21.9. The average Bonchev–Trinajstić information content (AvgIpc) is 3.11. The van der Waals surface area contributed by atoms with Gasteiger partial charge in [0.25, 0.3) is 0 Å². The van der Waals surface area contributed by atoms with Gasteiger partial charge in [-0.1, -0.05) is 70.2 Å². The van der Waals surface area contributed by atoms with E-state index in [1.54, 1.807) is 0 Å². The standard InChI is InChI=1S/C21H23N4/c1-19(2)12-13-20(3,4)18-14-16(10-11-17(18)19)21(22-24-25-23-21)15-8-6-5-7-9-15/h5-8,10-11,14H,12-13H2,1-4H3. The Morgan fingerprint density at radius 1 is 0.840 bits per heavy atom. The van der Waals surface area contributed by atoms with E-state index in [0.29, 0.717) is 0 Å². The lowest BCUT2D eigenvalue weighted by atomic mass is 9.62. The van der Waals surface area contributed by atoms with Gasteiger partial charge < -0.3 is 0 Å². The van der Waals surface area contributed by atoms with Gasteiger partial charge in [0.2, 0.25) is 5.66 Å². The Morgan fingerprint density at radius 2 is 1.52 bits per heavy atom. The van der Waals surface area contributed by atoms with Crippen LogP contribution in [0.4, 0.5) is 0 Å². The van der Waals surface area contributed by atoms with Gasteiger partial charge in [0.15, 0.2) is 0 Å². The molecule has 0 fully saturated rings. The van der Waals surface area contributed by atoms with Crippen molar-refractivity contribution in [2.45, 2.75) is 57.0 Å². The Morgan fingerprint density at radius 3 is 2.16 bits per heavy atom. The first kappa shape index (κ1) is 16.1. The van der Waals surface area contributed by atoms with Crippen LogP contribution >= 0.6 is 0 Å². The molecule has 0 spiro atoms. The summed E-state index contributed by atoms with van der Waals surface area (Å²) in [7, 11) is 0. The molecule has 0 saturated heterocycles. The maximum Gasteiger partial charge on any atom is 0.245 e. The molecule has 4 heteroatoms. The third-order valence-corrected chi connectivity index (χ3v) is 5.76. The molecule has 25 heavy (non-hydrogen) atoms. The average molecular weight is 331 g/mol. The zero-order chi connectivity index (χ0) is 17.7. The summed E-state index contributed by atoms with van der Waals surface area (Å²) in [5.74, 6) is 0. The molecule has 0 atom stereocenters. The van der Waals surface area contributed by atoms with Gasteiger partial charge in [-0.2, -0.15) is 0 Å². The summed E-state index contributed by atoms with van der Waals surface area (Å²) in [6.07, 6.45) is 2.37. The molecule has 4 rings (SSSR count). The summed E-state index contributed by atoms with van der Waals surface area (Å²) < 4.78 is 0. The maximum atomic E-state index is 4.40. The largest absolute Gasteiger partial charge is 0.245 e. The first-order valence-corrected chi connectivity index (χ1v) is 8.82. The summed E-state index contributed by atoms with van der Waals surface area (Å²) in [6, 6.07) is 17.7. The number of hydrogen-bond acceptors (Lipinski definition) is 4. The van der Waals surface area contributed by atoms with Crippen molar-refractivity contribution >= 4 is 0 Å². The van der Waals surface area contributed by atoms with E-state index in [1.165, 1.54) is 24.0 Å². The molecule has 1 aliphatic carbocycles. The molecular formula is C21H23N4. The lowest BCUT2D eigenvalue weighted by molar-refractivity contribution is 0.331. The molecule has 127 valence electrons. The van der Waals surface area contributed by atoms with Gasteiger partial charge in [-0.15, -0.1) is 10.2 Å². The van der Waals surface area contributed by atoms with Crippen molar-refractivity contribution < 1.29 is 0 Å². The topological polar surface area (TPSA) is 49.4 Å². The molecule has 1 radical (unpaired) electrons. The second kappa shape index (κ2) is 5.32. The van der Waals surface area contributed by atoms with Crippen LogP contribution in [0.3, 0.4) is 0 Å². The molecule has 2 aliphatic rings. The number of hydrogen-bond donors (Lipinski definition) is 0. The lowest BCUT2D eigenvalue weighted by Crippen LogP contribution is -2.34. The van der Waals surface area contributed by atoms with Crippen LogP contribution in [0.5, 0.6) is 0 Å². The van der Waals surface area contributed by atoms with Crippen molar-refractivity contribution in [3.05, 3.63) is 70.8 Å². The Hall–Kier alpha value is -2.36. The molecule has 0 saturated carbocycles. The molecule has 0 bridgehead atoms. The highest BCUT2D eigenvalue weighted by molar-refractivity contribution is 5.48. The molecular weight excluding hydrogens is 308 g/mol. The molecule has 0 aromatic heterocycles. The van der Waals surface area contributed by atoms with E-state index in [-0.39, 0.29) is 10.8 Å². The van der Waals surface area contributed by atoms with E-state index in [0.717, 1.165) is 11.1 Å². The minimum absolute atomic E-state index is 0.134. The van der Waals surface area contributed by atoms with Gasteiger partial charge in [0.05, 0.1) is 0 Å². The SMILES string of the molecule is CC1(C)CCC(C)(C)c2cc(C3(c4[c]cccc4)N=NN=N3)ccc21. The molecule has 1 aliphatic heterocycles. The van der Waals surface area contributed by atoms with Gasteiger partial charge in [-0.25, -0.2) is 0 Å². The maximum absolute atomic E-state index is 4.40. The molecule has 1 heterocycles. The highest BCUT2D eigenvalue weighted by atomic mass is 15.6. The molecule has 0 N–H and O–H groups in total. The highest BCUT2D eigenvalue weighted by Crippen LogP contribution is 2.48. The Labute approximate surface area is 149 Å². The lowest BCUT2D eigenvalue weighted by Gasteiger charge is -2.42. The fourth-order valence-corrected chi connectivity index (χ4v) is 3.98. The smallest absolute Gasteiger partial charge is 0.124 e. The van der Waals surface area contributed by atoms with Gasteiger partial charge >= 0.3 is 0 Å². The van der Waals surface area contributed by atoms with E-state index in [9.17, 15) is 0 Å². The predicted octanol–water partition coefficient (Wildman–Crippen LogP) is 5.87. The molecule has 0 amide bonds. The summed E-state index contributed by atoms with van der Waals surface area (Å²) >= 11 is 0. The van der Waals surface area contributed by atoms with Crippen LogP contribution in [0.2, 0.25) is 0 Å². The second-order valence-corrected chi connectivity index (χ2v) is 8.36. The van der Waals surface area contributed by atoms with E-state index in [4.69, 9.17) is 0 Å². The highest BCUT2D eigenvalue weighted by Gasteiger charge is 2.42. The Kier molecular flexibility index (Phi) is 3.43. The fourth-order valence-electron chi connectivity index (χ4n) is 3.98. The molecule has 2 aromatic carbocycles. The number of fused-ring (bicyclic) bond motifs is 1. The number of rotatable bonds is 2. The van der Waals surface area contributed by atoms with Crippen molar-refractivity contribution in [2.24, 2.45) is 20.7 Å². The van der Waals surface area contributed by atoms with Gasteiger partial charge in [-0.05, 0) is 51.3 Å². The zero-order valence-corrected chi connectivity index (χ0v) is 15.2. The molecule has 2 aromatic rings. The van der Waals surface area contributed by atoms with Gasteiger partial charge in [0, 0.05) is 11.1 Å². The minimum Gasteiger partial charge on any atom is -0.124 e. The first-order chi connectivity index (χ1) is 11.9. The molecule has 4 nitrogen and oxygen atoms in total. The van der Waals surface area contributed by atoms with E-state index >= 15 is 0 Å². The van der Waals surface area contributed by atoms with Gasteiger partial charge in [0.1, 0.15) is 0 Å². The fraction of sp³-hybridized carbons (Fsp3) is 0.429. The Bertz CT molecular complexity index is 851. The van der Waals surface area contributed by atoms with Crippen molar-refractivity contribution in [1.29, 1.82) is 0 Å². The van der Waals surface area contributed by atoms with Crippen LogP contribution in [0, 0.1) is 6.07 Å². The van der Waals surface area contributed by atoms with Crippen LogP contribution in [-0.2, 0) is 16.5 Å². The van der Waals surface area contributed by atoms with Crippen LogP contribution in [0.25, 0.3) is 0 Å². The van der Waals surface area contributed by atoms with Crippen LogP contribution < -0.4 is 0 Å². The third-order valence-electron chi connectivity index (χ3n) is 5.76. The summed E-state index contributed by atoms with van der Waals surface area (Å²) in [5, 5.41) is 16.5. The van der Waals surface area contributed by atoms with E-state index in [1.807, 2.05) is 24.3 Å². The molecule has 0 unspecified atom stereocenters. The van der Waals surface area contributed by atoms with Crippen molar-refractivity contribution in [3.63, 3.8) is 0 Å². The summed E-state index contributed by atoms with van der Waals surface area (Å²) in [6.45, 7) is 9.31. The van der Waals surface area contributed by atoms with Crippen molar-refractivity contribution in [2.75, 3.05) is 0 Å². The Balaban J connectivity index is 1.92. The van der Waals surface area contributed by atoms with Crippen LogP contribution in [0.15, 0.2) is 63.1 Å². The quantitative estimate of drug-likeness (QED) is 0.661. The number of nitrogens with zero attached hydrogens (tertiary/aromatic N) is 4. The zero-order valence-electron chi connectivity index (χ0n) is 15.2. The van der Waals surface area contributed by atoms with E-state index < -0.39 is 5.66 Å². The van der Waals surface area contributed by atoms with Crippen LogP contribution in [-0.4, -0.2) is 0 Å². The minimum atomic E-state index is -0.909. The van der Waals surface area contributed by atoms with Crippen molar-refractivity contribution in [3.8, 4) is 0 Å². The van der Waals surface area contributed by atoms with Gasteiger partial charge in [-0.3, -0.25) is 0 Å². The monoisotopic (exact) mass is 331 g/mol. The predicted molar refractivity (Wildman–Crippen MR) is 97.5 cm³/mol. The van der Waals surface area contributed by atoms with Crippen molar-refractivity contribution in [1.82, 2.24) is 0 Å². The summed E-state index contributed by atoms with van der Waals surface area (Å²) in [4.78, 5) is 0. The first-order valence-electron chi connectivity index (χ1n) is 8.82. The summed E-state index contributed by atoms with van der Waals surface area (Å²) in [5.41, 5.74) is 4.09. The number of benzene rings is 2. The van der Waals surface area contributed by atoms with E-state index in [2.05, 4.69) is 72.6 Å².